The second kappa shape index (κ2) is 6.28. The highest BCUT2D eigenvalue weighted by Crippen LogP contribution is 2.27. The van der Waals surface area contributed by atoms with Crippen LogP contribution in [0.3, 0.4) is 0 Å². The fraction of sp³-hybridized carbons (Fsp3) is 0.833. The molecule has 0 heterocycles. The first-order valence-corrected chi connectivity index (χ1v) is 5.24. The van der Waals surface area contributed by atoms with Crippen LogP contribution in [-0.2, 0) is 0 Å². The highest BCUT2D eigenvalue weighted by molar-refractivity contribution is 4.77. The second-order valence-corrected chi connectivity index (χ2v) is 4.20. The normalized spacial score (nSPS) is 16.1. The van der Waals surface area contributed by atoms with Crippen LogP contribution in [0, 0.1) is 17.8 Å². The molecule has 0 saturated heterocycles. The van der Waals surface area contributed by atoms with Crippen LogP contribution < -0.4 is 0 Å². The van der Waals surface area contributed by atoms with E-state index in [9.17, 15) is 0 Å². The maximum Gasteiger partial charge on any atom is -0.0325 e. The number of hydrogen-bond donors (Lipinski definition) is 0. The Hall–Kier alpha value is -0.260. The van der Waals surface area contributed by atoms with Gasteiger partial charge in [0.2, 0.25) is 0 Å². The summed E-state index contributed by atoms with van der Waals surface area (Å²) in [6, 6.07) is 0. The third kappa shape index (κ3) is 3.94. The van der Waals surface area contributed by atoms with Gasteiger partial charge in [0, 0.05) is 0 Å². The minimum atomic E-state index is 0.808. The lowest BCUT2D eigenvalue weighted by Gasteiger charge is -2.26. The van der Waals surface area contributed by atoms with Gasteiger partial charge in [-0.15, -0.1) is 6.58 Å². The summed E-state index contributed by atoms with van der Waals surface area (Å²) in [4.78, 5) is 0. The Bertz CT molecular complexity index is 113. The first-order valence-electron chi connectivity index (χ1n) is 5.24. The van der Waals surface area contributed by atoms with Crippen molar-refractivity contribution in [3.8, 4) is 0 Å². The maximum absolute atomic E-state index is 3.80. The predicted molar refractivity (Wildman–Crippen MR) is 57.2 cm³/mol. The van der Waals surface area contributed by atoms with E-state index < -0.39 is 0 Å². The molecular weight excluding hydrogens is 144 g/mol. The molecule has 0 aromatic heterocycles. The molecule has 2 unspecified atom stereocenters. The van der Waals surface area contributed by atoms with Gasteiger partial charge in [-0.25, -0.2) is 0 Å². The number of rotatable bonds is 6. The van der Waals surface area contributed by atoms with Gasteiger partial charge in [-0.1, -0.05) is 46.6 Å². The molecule has 0 aromatic rings. The van der Waals surface area contributed by atoms with Gasteiger partial charge in [0.25, 0.3) is 0 Å². The van der Waals surface area contributed by atoms with E-state index in [4.69, 9.17) is 0 Å². The molecule has 0 bridgehead atoms. The molecule has 2 atom stereocenters. The van der Waals surface area contributed by atoms with E-state index in [1.165, 1.54) is 19.3 Å². The first kappa shape index (κ1) is 11.7. The Balaban J connectivity index is 3.98. The monoisotopic (exact) mass is 168 g/mol. The van der Waals surface area contributed by atoms with Crippen LogP contribution in [0.4, 0.5) is 0 Å². The Labute approximate surface area is 78.1 Å². The van der Waals surface area contributed by atoms with Gasteiger partial charge in [-0.05, 0) is 24.2 Å². The molecule has 72 valence electrons. The van der Waals surface area contributed by atoms with Crippen molar-refractivity contribution in [3.63, 3.8) is 0 Å². The van der Waals surface area contributed by atoms with Crippen molar-refractivity contribution in [2.24, 2.45) is 17.8 Å². The Morgan fingerprint density at radius 3 is 2.17 bits per heavy atom. The van der Waals surface area contributed by atoms with E-state index in [0.29, 0.717) is 0 Å². The fourth-order valence-electron chi connectivity index (χ4n) is 2.05. The molecule has 0 fully saturated rings. The topological polar surface area (TPSA) is 0 Å². The van der Waals surface area contributed by atoms with Gasteiger partial charge in [-0.3, -0.25) is 0 Å². The summed E-state index contributed by atoms with van der Waals surface area (Å²) in [5.41, 5.74) is 0. The summed E-state index contributed by atoms with van der Waals surface area (Å²) < 4.78 is 0. The van der Waals surface area contributed by atoms with Crippen molar-refractivity contribution in [1.29, 1.82) is 0 Å². The van der Waals surface area contributed by atoms with E-state index in [1.54, 1.807) is 0 Å². The molecule has 0 aliphatic rings. The van der Waals surface area contributed by atoms with Gasteiger partial charge in [0.1, 0.15) is 0 Å². The van der Waals surface area contributed by atoms with Crippen LogP contribution in [0.15, 0.2) is 12.7 Å². The third-order valence-corrected chi connectivity index (χ3v) is 2.75. The number of allylic oxidation sites excluding steroid dienone is 1. The van der Waals surface area contributed by atoms with E-state index in [2.05, 4.69) is 40.3 Å². The quantitative estimate of drug-likeness (QED) is 0.519. The molecular formula is C12H24. The zero-order valence-electron chi connectivity index (χ0n) is 9.14. The standard InChI is InChI=1S/C12H24/c1-6-8-11(5)12(9-7-2)10(3)4/h6,10-12H,1,7-9H2,2-5H3. The molecule has 0 aliphatic heterocycles. The summed E-state index contributed by atoms with van der Waals surface area (Å²) in [7, 11) is 0. The summed E-state index contributed by atoms with van der Waals surface area (Å²) in [6.45, 7) is 13.1. The van der Waals surface area contributed by atoms with Gasteiger partial charge in [-0.2, -0.15) is 0 Å². The number of hydrogen-bond acceptors (Lipinski definition) is 0. The average molecular weight is 168 g/mol. The van der Waals surface area contributed by atoms with Gasteiger partial charge in [0.15, 0.2) is 0 Å². The van der Waals surface area contributed by atoms with Crippen LogP contribution in [0.25, 0.3) is 0 Å². The smallest absolute Gasteiger partial charge is 0.0325 e. The first-order chi connectivity index (χ1) is 5.63. The van der Waals surface area contributed by atoms with Crippen LogP contribution in [-0.4, -0.2) is 0 Å². The zero-order chi connectivity index (χ0) is 9.56. The van der Waals surface area contributed by atoms with Crippen LogP contribution in [0.2, 0.25) is 0 Å². The van der Waals surface area contributed by atoms with Crippen molar-refractivity contribution in [2.45, 2.75) is 47.0 Å². The Morgan fingerprint density at radius 2 is 1.83 bits per heavy atom. The molecule has 0 aliphatic carbocycles. The molecule has 0 rings (SSSR count). The van der Waals surface area contributed by atoms with Gasteiger partial charge < -0.3 is 0 Å². The second-order valence-electron chi connectivity index (χ2n) is 4.20. The SMILES string of the molecule is C=CCC(C)C(CCC)C(C)C. The molecule has 0 aromatic carbocycles. The largest absolute Gasteiger partial charge is 0.103 e. The van der Waals surface area contributed by atoms with Crippen molar-refractivity contribution < 1.29 is 0 Å². The molecule has 0 amide bonds. The molecule has 0 saturated carbocycles. The van der Waals surface area contributed by atoms with Gasteiger partial charge >= 0.3 is 0 Å². The lowest BCUT2D eigenvalue weighted by atomic mass is 9.80. The fourth-order valence-corrected chi connectivity index (χ4v) is 2.05. The lowest BCUT2D eigenvalue weighted by molar-refractivity contribution is 0.252. The van der Waals surface area contributed by atoms with E-state index >= 15 is 0 Å². The highest BCUT2D eigenvalue weighted by Gasteiger charge is 2.18. The third-order valence-electron chi connectivity index (χ3n) is 2.75. The van der Waals surface area contributed by atoms with Crippen molar-refractivity contribution >= 4 is 0 Å². The lowest BCUT2D eigenvalue weighted by Crippen LogP contribution is -2.17. The highest BCUT2D eigenvalue weighted by atomic mass is 14.2. The van der Waals surface area contributed by atoms with Crippen LogP contribution >= 0.6 is 0 Å². The van der Waals surface area contributed by atoms with E-state index in [0.717, 1.165) is 17.8 Å². The minimum absolute atomic E-state index is 0.808. The maximum atomic E-state index is 3.80. The molecule has 0 heteroatoms. The molecule has 12 heavy (non-hydrogen) atoms. The minimum Gasteiger partial charge on any atom is -0.103 e. The molecule has 0 N–H and O–H groups in total. The van der Waals surface area contributed by atoms with Crippen molar-refractivity contribution in [3.05, 3.63) is 12.7 Å². The molecule has 0 spiro atoms. The molecule has 0 nitrogen and oxygen atoms in total. The van der Waals surface area contributed by atoms with Crippen LogP contribution in [0.1, 0.15) is 47.0 Å². The van der Waals surface area contributed by atoms with Crippen molar-refractivity contribution in [1.82, 2.24) is 0 Å². The van der Waals surface area contributed by atoms with Crippen molar-refractivity contribution in [2.75, 3.05) is 0 Å². The Morgan fingerprint density at radius 1 is 1.25 bits per heavy atom. The summed E-state index contributed by atoms with van der Waals surface area (Å²) >= 11 is 0. The summed E-state index contributed by atoms with van der Waals surface area (Å²) in [5.74, 6) is 2.51. The van der Waals surface area contributed by atoms with E-state index in [1.807, 2.05) is 0 Å². The van der Waals surface area contributed by atoms with E-state index in [-0.39, 0.29) is 0 Å². The van der Waals surface area contributed by atoms with Crippen LogP contribution in [0.5, 0.6) is 0 Å². The summed E-state index contributed by atoms with van der Waals surface area (Å²) in [5, 5.41) is 0. The average Bonchev–Trinajstić information content (AvgIpc) is 1.99. The molecule has 0 radical (unpaired) electrons. The summed E-state index contributed by atoms with van der Waals surface area (Å²) in [6.07, 6.45) is 5.90. The Kier molecular flexibility index (Phi) is 6.14. The van der Waals surface area contributed by atoms with Gasteiger partial charge in [0.05, 0.1) is 0 Å². The zero-order valence-corrected chi connectivity index (χ0v) is 9.14. The predicted octanol–water partition coefficient (Wildman–Crippen LogP) is 4.27.